The number of esters is 1. The van der Waals surface area contributed by atoms with E-state index < -0.39 is 5.97 Å². The maximum atomic E-state index is 12.3. The van der Waals surface area contributed by atoms with Gasteiger partial charge < -0.3 is 13.9 Å². The van der Waals surface area contributed by atoms with Crippen molar-refractivity contribution in [3.63, 3.8) is 0 Å². The van der Waals surface area contributed by atoms with Crippen LogP contribution in [0.5, 0.6) is 5.75 Å². The number of hydrogen-bond acceptors (Lipinski definition) is 5. The number of fused-ring (bicyclic) bond motifs is 1. The summed E-state index contributed by atoms with van der Waals surface area (Å²) in [4.78, 5) is 24.4. The number of para-hydroxylation sites is 1. The van der Waals surface area contributed by atoms with Crippen LogP contribution >= 0.6 is 0 Å². The van der Waals surface area contributed by atoms with E-state index >= 15 is 0 Å². The molecule has 2 aromatic carbocycles. The lowest BCUT2D eigenvalue weighted by molar-refractivity contribution is -0.141. The number of carbonyl (C=O) groups is 2. The van der Waals surface area contributed by atoms with Crippen molar-refractivity contribution >= 4 is 22.7 Å². The molecule has 0 fully saturated rings. The standard InChI is InChI=1S/C21H20O5/c1-13-8-9-15(10-19(13)24-3)11-20(23)25-12-17(22)21-14(2)16-6-4-5-7-18(16)26-21/h4-10H,11-12H2,1-3H3. The van der Waals surface area contributed by atoms with Gasteiger partial charge in [0.2, 0.25) is 5.78 Å². The van der Waals surface area contributed by atoms with Gasteiger partial charge in [-0.2, -0.15) is 0 Å². The van der Waals surface area contributed by atoms with Crippen molar-refractivity contribution in [2.45, 2.75) is 20.3 Å². The average molecular weight is 352 g/mol. The number of rotatable bonds is 6. The predicted octanol–water partition coefficient (Wildman–Crippen LogP) is 4.03. The highest BCUT2D eigenvalue weighted by atomic mass is 16.5. The van der Waals surface area contributed by atoms with Crippen molar-refractivity contribution in [3.05, 3.63) is 64.9 Å². The molecule has 0 aliphatic rings. The molecule has 0 saturated heterocycles. The molecule has 0 unspecified atom stereocenters. The largest absolute Gasteiger partial charge is 0.496 e. The van der Waals surface area contributed by atoms with Crippen LogP contribution in [0.4, 0.5) is 0 Å². The number of carbonyl (C=O) groups excluding carboxylic acids is 2. The van der Waals surface area contributed by atoms with Gasteiger partial charge in [-0.1, -0.05) is 30.3 Å². The van der Waals surface area contributed by atoms with E-state index in [1.165, 1.54) is 0 Å². The molecular weight excluding hydrogens is 332 g/mol. The van der Waals surface area contributed by atoms with Gasteiger partial charge in [0.1, 0.15) is 11.3 Å². The summed E-state index contributed by atoms with van der Waals surface area (Å²) in [6, 6.07) is 12.9. The molecule has 26 heavy (non-hydrogen) atoms. The molecule has 0 N–H and O–H groups in total. The van der Waals surface area contributed by atoms with E-state index in [9.17, 15) is 9.59 Å². The zero-order chi connectivity index (χ0) is 18.7. The van der Waals surface area contributed by atoms with Gasteiger partial charge in [-0.15, -0.1) is 0 Å². The Morgan fingerprint density at radius 3 is 2.58 bits per heavy atom. The molecule has 134 valence electrons. The molecule has 0 amide bonds. The van der Waals surface area contributed by atoms with Crippen LogP contribution in [0.3, 0.4) is 0 Å². The van der Waals surface area contributed by atoms with Crippen LogP contribution in [0.2, 0.25) is 0 Å². The van der Waals surface area contributed by atoms with Crippen LogP contribution in [0, 0.1) is 13.8 Å². The Morgan fingerprint density at radius 2 is 1.85 bits per heavy atom. The second-order valence-corrected chi connectivity index (χ2v) is 6.12. The fraction of sp³-hybridized carbons (Fsp3) is 0.238. The lowest BCUT2D eigenvalue weighted by Crippen LogP contribution is -2.16. The molecule has 5 nitrogen and oxygen atoms in total. The number of ether oxygens (including phenoxy) is 2. The maximum absolute atomic E-state index is 12.3. The van der Waals surface area contributed by atoms with Crippen LogP contribution in [-0.2, 0) is 16.0 Å². The van der Waals surface area contributed by atoms with Gasteiger partial charge in [-0.3, -0.25) is 9.59 Å². The normalized spacial score (nSPS) is 10.7. The fourth-order valence-electron chi connectivity index (χ4n) is 2.84. The second-order valence-electron chi connectivity index (χ2n) is 6.12. The molecule has 0 aliphatic heterocycles. The Hall–Kier alpha value is -3.08. The molecule has 5 heteroatoms. The number of hydrogen-bond donors (Lipinski definition) is 0. The van der Waals surface area contributed by atoms with Crippen LogP contribution < -0.4 is 4.74 Å². The van der Waals surface area contributed by atoms with E-state index in [0.717, 1.165) is 22.1 Å². The smallest absolute Gasteiger partial charge is 0.310 e. The first-order valence-corrected chi connectivity index (χ1v) is 8.30. The van der Waals surface area contributed by atoms with Crippen molar-refractivity contribution in [2.24, 2.45) is 0 Å². The Kier molecular flexibility index (Phi) is 5.07. The second kappa shape index (κ2) is 7.44. The SMILES string of the molecule is COc1cc(CC(=O)OCC(=O)c2oc3ccccc3c2C)ccc1C. The molecule has 0 aliphatic carbocycles. The minimum Gasteiger partial charge on any atom is -0.496 e. The van der Waals surface area contributed by atoms with Crippen molar-refractivity contribution in [3.8, 4) is 5.75 Å². The zero-order valence-corrected chi connectivity index (χ0v) is 15.0. The summed E-state index contributed by atoms with van der Waals surface area (Å²) in [6.45, 7) is 3.40. The van der Waals surface area contributed by atoms with Gasteiger partial charge in [-0.25, -0.2) is 0 Å². The quantitative estimate of drug-likeness (QED) is 0.495. The number of methoxy groups -OCH3 is 1. The first-order valence-electron chi connectivity index (χ1n) is 8.30. The summed E-state index contributed by atoms with van der Waals surface area (Å²) in [5, 5.41) is 0.883. The monoisotopic (exact) mass is 352 g/mol. The molecule has 0 saturated carbocycles. The summed E-state index contributed by atoms with van der Waals surface area (Å²) >= 11 is 0. The van der Waals surface area contributed by atoms with E-state index in [-0.39, 0.29) is 24.6 Å². The first-order chi connectivity index (χ1) is 12.5. The number of Topliss-reactive ketones (excluding diaryl/α,β-unsaturated/α-hetero) is 1. The average Bonchev–Trinajstić information content (AvgIpc) is 2.98. The van der Waals surface area contributed by atoms with Gasteiger partial charge in [0.15, 0.2) is 12.4 Å². The van der Waals surface area contributed by atoms with Crippen molar-refractivity contribution in [2.75, 3.05) is 13.7 Å². The third-order valence-corrected chi connectivity index (χ3v) is 4.28. The number of aryl methyl sites for hydroxylation is 2. The topological polar surface area (TPSA) is 65.7 Å². The minimum absolute atomic E-state index is 0.0725. The Bertz CT molecular complexity index is 968. The molecule has 0 spiro atoms. The van der Waals surface area contributed by atoms with Crippen molar-refractivity contribution < 1.29 is 23.5 Å². The highest BCUT2D eigenvalue weighted by Gasteiger charge is 2.19. The van der Waals surface area contributed by atoms with E-state index in [1.54, 1.807) is 19.2 Å². The lowest BCUT2D eigenvalue weighted by atomic mass is 10.1. The van der Waals surface area contributed by atoms with E-state index in [2.05, 4.69) is 0 Å². The number of furan rings is 1. The summed E-state index contributed by atoms with van der Waals surface area (Å²) < 4.78 is 16.0. The van der Waals surface area contributed by atoms with Crippen LogP contribution in [0.15, 0.2) is 46.9 Å². The van der Waals surface area contributed by atoms with Gasteiger partial charge >= 0.3 is 5.97 Å². The summed E-state index contributed by atoms with van der Waals surface area (Å²) in [6.07, 6.45) is 0.0725. The fourth-order valence-corrected chi connectivity index (χ4v) is 2.84. The zero-order valence-electron chi connectivity index (χ0n) is 15.0. The number of ketones is 1. The van der Waals surface area contributed by atoms with Gasteiger partial charge in [0, 0.05) is 10.9 Å². The molecule has 3 rings (SSSR count). The van der Waals surface area contributed by atoms with E-state index in [0.29, 0.717) is 11.3 Å². The third kappa shape index (κ3) is 3.61. The predicted molar refractivity (Wildman–Crippen MR) is 97.7 cm³/mol. The Labute approximate surface area is 151 Å². The third-order valence-electron chi connectivity index (χ3n) is 4.28. The van der Waals surface area contributed by atoms with Crippen LogP contribution in [-0.4, -0.2) is 25.5 Å². The highest BCUT2D eigenvalue weighted by Crippen LogP contribution is 2.25. The Morgan fingerprint density at radius 1 is 1.08 bits per heavy atom. The molecule has 3 aromatic rings. The Balaban J connectivity index is 1.63. The maximum Gasteiger partial charge on any atom is 0.310 e. The highest BCUT2D eigenvalue weighted by molar-refractivity contribution is 6.01. The van der Waals surface area contributed by atoms with Gasteiger partial charge in [-0.05, 0) is 37.1 Å². The molecule has 1 aromatic heterocycles. The van der Waals surface area contributed by atoms with Crippen LogP contribution in [0.25, 0.3) is 11.0 Å². The molecule has 1 heterocycles. The van der Waals surface area contributed by atoms with Gasteiger partial charge in [0.25, 0.3) is 0 Å². The first kappa shape index (κ1) is 17.7. The van der Waals surface area contributed by atoms with Gasteiger partial charge in [0.05, 0.1) is 13.5 Å². The minimum atomic E-state index is -0.474. The molecule has 0 atom stereocenters. The van der Waals surface area contributed by atoms with E-state index in [1.807, 2.05) is 44.2 Å². The molecule has 0 bridgehead atoms. The lowest BCUT2D eigenvalue weighted by Gasteiger charge is -2.08. The molecule has 0 radical (unpaired) electrons. The van der Waals surface area contributed by atoms with E-state index in [4.69, 9.17) is 13.9 Å². The van der Waals surface area contributed by atoms with Crippen LogP contribution in [0.1, 0.15) is 27.2 Å². The summed E-state index contributed by atoms with van der Waals surface area (Å²) in [7, 11) is 1.58. The molecular formula is C21H20O5. The summed E-state index contributed by atoms with van der Waals surface area (Å²) in [5.74, 6) is 0.117. The van der Waals surface area contributed by atoms with Crippen molar-refractivity contribution in [1.29, 1.82) is 0 Å². The van der Waals surface area contributed by atoms with Crippen molar-refractivity contribution in [1.82, 2.24) is 0 Å². The number of benzene rings is 2. The summed E-state index contributed by atoms with van der Waals surface area (Å²) in [5.41, 5.74) is 3.15.